The molecule has 2 aromatic carbocycles. The van der Waals surface area contributed by atoms with Crippen LogP contribution < -0.4 is 10.1 Å². The molecule has 0 spiro atoms. The third kappa shape index (κ3) is 5.93. The highest BCUT2D eigenvalue weighted by Gasteiger charge is 2.16. The standard InChI is InChI=1S/C20H25NO2S/c1-15(9-10-17-7-5-4-6-8-17)21-20(22)16(2)24-19-13-11-18(23-3)12-14-19/h4-8,11-16H,9-10H2,1-3H3,(H,21,22)/t15-,16-/m1/s1. The molecule has 24 heavy (non-hydrogen) atoms. The van der Waals surface area contributed by atoms with E-state index in [0.29, 0.717) is 0 Å². The predicted molar refractivity (Wildman–Crippen MR) is 101 cm³/mol. The van der Waals surface area contributed by atoms with Gasteiger partial charge in [-0.15, -0.1) is 11.8 Å². The van der Waals surface area contributed by atoms with Gasteiger partial charge in [0.1, 0.15) is 5.75 Å². The van der Waals surface area contributed by atoms with E-state index in [9.17, 15) is 4.79 Å². The summed E-state index contributed by atoms with van der Waals surface area (Å²) in [6.45, 7) is 4.00. The summed E-state index contributed by atoms with van der Waals surface area (Å²) < 4.78 is 5.15. The molecule has 2 rings (SSSR count). The molecule has 0 aliphatic rings. The summed E-state index contributed by atoms with van der Waals surface area (Å²) in [7, 11) is 1.65. The Balaban J connectivity index is 1.77. The van der Waals surface area contributed by atoms with Crippen LogP contribution in [0.3, 0.4) is 0 Å². The van der Waals surface area contributed by atoms with Crippen LogP contribution in [0.1, 0.15) is 25.8 Å². The van der Waals surface area contributed by atoms with Gasteiger partial charge in [0.25, 0.3) is 0 Å². The smallest absolute Gasteiger partial charge is 0.233 e. The number of aryl methyl sites for hydroxylation is 1. The molecule has 128 valence electrons. The lowest BCUT2D eigenvalue weighted by Crippen LogP contribution is -2.37. The minimum atomic E-state index is -0.127. The van der Waals surface area contributed by atoms with Crippen LogP contribution >= 0.6 is 11.8 Å². The van der Waals surface area contributed by atoms with Crippen LogP contribution in [0.2, 0.25) is 0 Å². The van der Waals surface area contributed by atoms with E-state index in [4.69, 9.17) is 4.74 Å². The number of ether oxygens (including phenoxy) is 1. The number of hydrogen-bond donors (Lipinski definition) is 1. The highest BCUT2D eigenvalue weighted by Crippen LogP contribution is 2.25. The maximum Gasteiger partial charge on any atom is 0.233 e. The maximum absolute atomic E-state index is 12.3. The first-order valence-corrected chi connectivity index (χ1v) is 9.11. The fraction of sp³-hybridized carbons (Fsp3) is 0.350. The SMILES string of the molecule is COc1ccc(S[C@H](C)C(=O)N[C@H](C)CCc2ccccc2)cc1. The van der Waals surface area contributed by atoms with Crippen molar-refractivity contribution >= 4 is 17.7 Å². The Kier molecular flexibility index (Phi) is 7.19. The van der Waals surface area contributed by atoms with Gasteiger partial charge in [-0.25, -0.2) is 0 Å². The van der Waals surface area contributed by atoms with E-state index < -0.39 is 0 Å². The second-order valence-electron chi connectivity index (χ2n) is 5.87. The van der Waals surface area contributed by atoms with Crippen molar-refractivity contribution in [2.24, 2.45) is 0 Å². The topological polar surface area (TPSA) is 38.3 Å². The average Bonchev–Trinajstić information content (AvgIpc) is 2.61. The highest BCUT2D eigenvalue weighted by atomic mass is 32.2. The molecule has 2 aromatic rings. The van der Waals surface area contributed by atoms with Gasteiger partial charge in [-0.1, -0.05) is 30.3 Å². The highest BCUT2D eigenvalue weighted by molar-refractivity contribution is 8.00. The van der Waals surface area contributed by atoms with E-state index in [0.717, 1.165) is 23.5 Å². The number of rotatable bonds is 8. The number of methoxy groups -OCH3 is 1. The molecule has 0 fully saturated rings. The number of benzene rings is 2. The van der Waals surface area contributed by atoms with Gasteiger partial charge >= 0.3 is 0 Å². The zero-order chi connectivity index (χ0) is 17.4. The van der Waals surface area contributed by atoms with E-state index >= 15 is 0 Å². The zero-order valence-corrected chi connectivity index (χ0v) is 15.3. The van der Waals surface area contributed by atoms with Crippen molar-refractivity contribution in [1.82, 2.24) is 5.32 Å². The van der Waals surface area contributed by atoms with Crippen LogP contribution in [0.4, 0.5) is 0 Å². The molecule has 2 atom stereocenters. The molecule has 0 aromatic heterocycles. The summed E-state index contributed by atoms with van der Waals surface area (Å²) in [5.41, 5.74) is 1.30. The maximum atomic E-state index is 12.3. The lowest BCUT2D eigenvalue weighted by atomic mass is 10.1. The zero-order valence-electron chi connectivity index (χ0n) is 14.5. The second-order valence-corrected chi connectivity index (χ2v) is 7.28. The Bertz CT molecular complexity index is 628. The van der Waals surface area contributed by atoms with Gasteiger partial charge < -0.3 is 10.1 Å². The predicted octanol–water partition coefficient (Wildman–Crippen LogP) is 4.31. The minimum absolute atomic E-state index is 0.0800. The summed E-state index contributed by atoms with van der Waals surface area (Å²) in [5.74, 6) is 0.905. The van der Waals surface area contributed by atoms with Crippen LogP contribution in [0.15, 0.2) is 59.5 Å². The van der Waals surface area contributed by atoms with E-state index in [1.54, 1.807) is 18.9 Å². The molecule has 0 saturated carbocycles. The van der Waals surface area contributed by atoms with Gasteiger partial charge in [0.05, 0.1) is 12.4 Å². The average molecular weight is 343 g/mol. The lowest BCUT2D eigenvalue weighted by molar-refractivity contribution is -0.120. The monoisotopic (exact) mass is 343 g/mol. The van der Waals surface area contributed by atoms with Gasteiger partial charge in [0.2, 0.25) is 5.91 Å². The first kappa shape index (κ1) is 18.4. The molecule has 1 N–H and O–H groups in total. The van der Waals surface area contributed by atoms with Gasteiger partial charge in [-0.2, -0.15) is 0 Å². The first-order valence-electron chi connectivity index (χ1n) is 8.23. The molecule has 4 heteroatoms. The minimum Gasteiger partial charge on any atom is -0.497 e. The third-order valence-corrected chi connectivity index (χ3v) is 4.95. The van der Waals surface area contributed by atoms with Crippen LogP contribution in [-0.2, 0) is 11.2 Å². The summed E-state index contributed by atoms with van der Waals surface area (Å²) in [4.78, 5) is 13.4. The molecule has 0 bridgehead atoms. The van der Waals surface area contributed by atoms with E-state index in [1.165, 1.54) is 5.56 Å². The Morgan fingerprint density at radius 3 is 2.38 bits per heavy atom. The number of thioether (sulfide) groups is 1. The molecular weight excluding hydrogens is 318 g/mol. The normalized spacial score (nSPS) is 13.1. The fourth-order valence-electron chi connectivity index (χ4n) is 2.37. The molecule has 0 aliphatic heterocycles. The van der Waals surface area contributed by atoms with Crippen molar-refractivity contribution in [3.63, 3.8) is 0 Å². The van der Waals surface area contributed by atoms with Crippen molar-refractivity contribution in [3.05, 3.63) is 60.2 Å². The molecular formula is C20H25NO2S. The molecule has 0 aliphatic carbocycles. The third-order valence-electron chi connectivity index (χ3n) is 3.84. The van der Waals surface area contributed by atoms with Gasteiger partial charge in [0.15, 0.2) is 0 Å². The van der Waals surface area contributed by atoms with Crippen molar-refractivity contribution in [2.45, 2.75) is 42.9 Å². The molecule has 0 saturated heterocycles. The van der Waals surface area contributed by atoms with Crippen molar-refractivity contribution in [2.75, 3.05) is 7.11 Å². The number of nitrogens with one attached hydrogen (secondary N) is 1. The Labute approximate surface area is 148 Å². The van der Waals surface area contributed by atoms with E-state index in [2.05, 4.69) is 24.4 Å². The number of carbonyl (C=O) groups is 1. The summed E-state index contributed by atoms with van der Waals surface area (Å²) in [6, 6.07) is 18.3. The van der Waals surface area contributed by atoms with Gasteiger partial charge in [0, 0.05) is 10.9 Å². The van der Waals surface area contributed by atoms with E-state index in [1.807, 2.05) is 49.4 Å². The number of carbonyl (C=O) groups excluding carboxylic acids is 1. The van der Waals surface area contributed by atoms with Crippen LogP contribution in [0.5, 0.6) is 5.75 Å². The number of amides is 1. The second kappa shape index (κ2) is 9.38. The molecule has 0 radical (unpaired) electrons. The summed E-state index contributed by atoms with van der Waals surface area (Å²) >= 11 is 1.56. The Hall–Kier alpha value is -1.94. The van der Waals surface area contributed by atoms with Crippen LogP contribution in [0.25, 0.3) is 0 Å². The molecule has 0 unspecified atom stereocenters. The molecule has 3 nitrogen and oxygen atoms in total. The molecule has 0 heterocycles. The summed E-state index contributed by atoms with van der Waals surface area (Å²) in [6.07, 6.45) is 1.91. The molecule has 1 amide bonds. The largest absolute Gasteiger partial charge is 0.497 e. The number of hydrogen-bond acceptors (Lipinski definition) is 3. The lowest BCUT2D eigenvalue weighted by Gasteiger charge is -2.17. The van der Waals surface area contributed by atoms with Crippen LogP contribution in [0, 0.1) is 0 Å². The van der Waals surface area contributed by atoms with Crippen molar-refractivity contribution in [3.8, 4) is 5.75 Å². The fourth-order valence-corrected chi connectivity index (χ4v) is 3.25. The van der Waals surface area contributed by atoms with Gasteiger partial charge in [-0.05, 0) is 56.5 Å². The van der Waals surface area contributed by atoms with Gasteiger partial charge in [-0.3, -0.25) is 4.79 Å². The van der Waals surface area contributed by atoms with Crippen molar-refractivity contribution in [1.29, 1.82) is 0 Å². The van der Waals surface area contributed by atoms with E-state index in [-0.39, 0.29) is 17.2 Å². The first-order chi connectivity index (χ1) is 11.6. The van der Waals surface area contributed by atoms with Crippen molar-refractivity contribution < 1.29 is 9.53 Å². The van der Waals surface area contributed by atoms with Crippen LogP contribution in [-0.4, -0.2) is 24.3 Å². The Morgan fingerprint density at radius 2 is 1.75 bits per heavy atom. The Morgan fingerprint density at radius 1 is 1.08 bits per heavy atom. The summed E-state index contributed by atoms with van der Waals surface area (Å²) in [5, 5.41) is 2.98. The quantitative estimate of drug-likeness (QED) is 0.726.